The van der Waals surface area contributed by atoms with E-state index in [1.54, 1.807) is 0 Å². The highest BCUT2D eigenvalue weighted by molar-refractivity contribution is 5.82. The topological polar surface area (TPSA) is 234 Å². The van der Waals surface area contributed by atoms with Gasteiger partial charge in [0.05, 0.1) is 0 Å². The molecule has 2 N–H and O–H groups in total. The zero-order chi connectivity index (χ0) is 47.4. The lowest BCUT2D eigenvalue weighted by Gasteiger charge is -2.28. The smallest absolute Gasteiger partial charge is 0.407 e. The van der Waals surface area contributed by atoms with E-state index in [9.17, 15) is 38.4 Å². The van der Waals surface area contributed by atoms with Crippen LogP contribution in [0.15, 0.2) is 50.6 Å². The van der Waals surface area contributed by atoms with E-state index in [1.807, 2.05) is 20.8 Å². The summed E-state index contributed by atoms with van der Waals surface area (Å²) in [6, 6.07) is 0. The second kappa shape index (κ2) is 35.0. The zero-order valence-electron chi connectivity index (χ0n) is 37.6. The fourth-order valence-corrected chi connectivity index (χ4v) is 5.74. The summed E-state index contributed by atoms with van der Waals surface area (Å²) in [4.78, 5) is 90.3. The van der Waals surface area contributed by atoms with E-state index < -0.39 is 36.1 Å². The van der Waals surface area contributed by atoms with Gasteiger partial charge in [0.1, 0.15) is 52.9 Å². The third kappa shape index (κ3) is 37.3. The number of amides is 2. The first-order chi connectivity index (χ1) is 29.2. The number of nitrogens with one attached hydrogen (secondary N) is 2. The van der Waals surface area contributed by atoms with E-state index in [2.05, 4.69) is 57.7 Å². The molecular formula is C44H70N2O16. The molecule has 0 fully saturated rings. The Morgan fingerprint density at radius 2 is 0.839 bits per heavy atom. The molecule has 0 aliphatic carbocycles. The fourth-order valence-electron chi connectivity index (χ4n) is 5.74. The fraction of sp³-hybridized carbons (Fsp3) is 0.636. The molecule has 0 bridgehead atoms. The Morgan fingerprint density at radius 1 is 0.484 bits per heavy atom. The van der Waals surface area contributed by atoms with Crippen LogP contribution >= 0.6 is 0 Å². The van der Waals surface area contributed by atoms with Gasteiger partial charge in [-0.25, -0.2) is 28.8 Å². The maximum absolute atomic E-state index is 11.7. The maximum atomic E-state index is 11.7. The molecule has 2 unspecified atom stereocenters. The van der Waals surface area contributed by atoms with Crippen molar-refractivity contribution in [1.29, 1.82) is 0 Å². The monoisotopic (exact) mass is 882 g/mol. The van der Waals surface area contributed by atoms with Crippen molar-refractivity contribution in [2.45, 2.75) is 92.9 Å². The van der Waals surface area contributed by atoms with Gasteiger partial charge in [0.15, 0.2) is 0 Å². The minimum atomic E-state index is -0.572. The summed E-state index contributed by atoms with van der Waals surface area (Å²) >= 11 is 0. The van der Waals surface area contributed by atoms with Crippen LogP contribution < -0.4 is 10.6 Å². The lowest BCUT2D eigenvalue weighted by atomic mass is 9.79. The highest BCUT2D eigenvalue weighted by Gasteiger charge is 2.24. The number of hydrogen-bond acceptors (Lipinski definition) is 16. The zero-order valence-corrected chi connectivity index (χ0v) is 37.6. The van der Waals surface area contributed by atoms with Crippen molar-refractivity contribution in [3.63, 3.8) is 0 Å². The highest BCUT2D eigenvalue weighted by Crippen LogP contribution is 2.31. The molecule has 0 aromatic carbocycles. The average Bonchev–Trinajstić information content (AvgIpc) is 3.21. The summed E-state index contributed by atoms with van der Waals surface area (Å²) in [7, 11) is 0. The molecule has 0 rings (SSSR count). The quantitative estimate of drug-likeness (QED) is 0.0348. The number of rotatable bonds is 32. The van der Waals surface area contributed by atoms with E-state index in [0.29, 0.717) is 38.3 Å². The first-order valence-electron chi connectivity index (χ1n) is 20.5. The normalized spacial score (nSPS) is 11.6. The van der Waals surface area contributed by atoms with Gasteiger partial charge in [0, 0.05) is 50.2 Å². The summed E-state index contributed by atoms with van der Waals surface area (Å²) in [5.41, 5.74) is -0.188. The van der Waals surface area contributed by atoms with Gasteiger partial charge < -0.3 is 48.5 Å². The van der Waals surface area contributed by atoms with Gasteiger partial charge >= 0.3 is 48.0 Å². The molecule has 0 aliphatic rings. The summed E-state index contributed by atoms with van der Waals surface area (Å²) in [6.45, 7) is 26.3. The van der Waals surface area contributed by atoms with Gasteiger partial charge in [-0.05, 0) is 54.8 Å². The van der Waals surface area contributed by atoms with Crippen molar-refractivity contribution in [3.05, 3.63) is 50.6 Å². The van der Waals surface area contributed by atoms with Crippen molar-refractivity contribution in [2.75, 3.05) is 65.9 Å². The Bertz CT molecular complexity index is 1440. The van der Waals surface area contributed by atoms with Crippen LogP contribution in [0.25, 0.3) is 0 Å². The van der Waals surface area contributed by atoms with Crippen LogP contribution in [0.3, 0.4) is 0 Å². The molecule has 0 aromatic heterocycles. The molecule has 0 saturated heterocycles. The molecule has 352 valence electrons. The third-order valence-corrected chi connectivity index (χ3v) is 8.39. The lowest BCUT2D eigenvalue weighted by molar-refractivity contribution is -0.149. The predicted molar refractivity (Wildman–Crippen MR) is 228 cm³/mol. The first-order valence-corrected chi connectivity index (χ1v) is 20.5. The maximum Gasteiger partial charge on any atom is 0.407 e. The molecule has 0 heterocycles. The Labute approximate surface area is 366 Å². The molecule has 0 aliphatic heterocycles. The Hall–Kier alpha value is -5.68. The number of alkyl carbamates (subject to hydrolysis) is 2. The predicted octanol–water partition coefficient (Wildman–Crippen LogP) is 5.87. The second-order valence-corrected chi connectivity index (χ2v) is 15.6. The van der Waals surface area contributed by atoms with Crippen LogP contribution in [0.1, 0.15) is 92.9 Å². The largest absolute Gasteiger partial charge is 0.462 e. The van der Waals surface area contributed by atoms with Crippen molar-refractivity contribution >= 4 is 48.0 Å². The first kappa shape index (κ1) is 58.4. The van der Waals surface area contributed by atoms with Crippen LogP contribution in [-0.2, 0) is 66.7 Å². The van der Waals surface area contributed by atoms with Crippen LogP contribution in [-0.4, -0.2) is 114 Å². The summed E-state index contributed by atoms with van der Waals surface area (Å²) < 4.78 is 38.8. The van der Waals surface area contributed by atoms with Crippen molar-refractivity contribution < 1.29 is 76.3 Å². The minimum Gasteiger partial charge on any atom is -0.462 e. The molecule has 0 spiro atoms. The van der Waals surface area contributed by atoms with E-state index in [1.165, 1.54) is 0 Å². The van der Waals surface area contributed by atoms with Gasteiger partial charge in [-0.15, -0.1) is 0 Å². The van der Waals surface area contributed by atoms with Gasteiger partial charge in [0.2, 0.25) is 0 Å². The lowest BCUT2D eigenvalue weighted by Crippen LogP contribution is -2.35. The van der Waals surface area contributed by atoms with Crippen molar-refractivity contribution in [1.82, 2.24) is 10.6 Å². The minimum absolute atomic E-state index is 0.00894. The number of esters is 6. The van der Waals surface area contributed by atoms with E-state index in [-0.39, 0.29) is 88.0 Å². The van der Waals surface area contributed by atoms with Crippen LogP contribution in [0.2, 0.25) is 0 Å². The van der Waals surface area contributed by atoms with Gasteiger partial charge in [-0.2, -0.15) is 0 Å². The highest BCUT2D eigenvalue weighted by atomic mass is 16.6. The molecule has 0 saturated carbocycles. The molecule has 0 aromatic rings. The molecule has 2 amide bonds. The van der Waals surface area contributed by atoms with Gasteiger partial charge in [-0.1, -0.05) is 74.3 Å². The van der Waals surface area contributed by atoms with Gasteiger partial charge in [0.25, 0.3) is 0 Å². The van der Waals surface area contributed by atoms with Crippen molar-refractivity contribution in [3.8, 4) is 0 Å². The summed E-state index contributed by atoms with van der Waals surface area (Å²) in [6.07, 6.45) is 8.30. The summed E-state index contributed by atoms with van der Waals surface area (Å²) in [5.74, 6) is -2.36. The van der Waals surface area contributed by atoms with Gasteiger partial charge in [-0.3, -0.25) is 9.59 Å². The molecule has 0 radical (unpaired) electrons. The Morgan fingerprint density at radius 3 is 1.26 bits per heavy atom. The Balaban J connectivity index is 0. The standard InChI is InChI=1S/2C22H35NO8/c1-6-18(24)28-11-12-30-20(26)9-8-10-22(4,5)15-17(3)16-23-21(27)31-14-13-29-19(25)7-2;1-6-18(24)28-11-12-30-20(26)10-8-9-17(3)15-22(4,5)16-23-21(27)31-14-13-29-19(25)7-2/h2*6-7,17H,1-2,8-16H2,3-5H3,(H,23,27). The van der Waals surface area contributed by atoms with Crippen molar-refractivity contribution in [2.24, 2.45) is 22.7 Å². The summed E-state index contributed by atoms with van der Waals surface area (Å²) in [5, 5.41) is 5.39. The number of ether oxygens (including phenoxy) is 8. The van der Waals surface area contributed by atoms with E-state index >= 15 is 0 Å². The number of hydrogen-bond donors (Lipinski definition) is 2. The third-order valence-electron chi connectivity index (χ3n) is 8.39. The molecule has 2 atom stereocenters. The van der Waals surface area contributed by atoms with E-state index in [0.717, 1.165) is 50.0 Å². The number of carbonyl (C=O) groups is 8. The van der Waals surface area contributed by atoms with Crippen LogP contribution in [0, 0.1) is 22.7 Å². The van der Waals surface area contributed by atoms with Crippen LogP contribution in [0.5, 0.6) is 0 Å². The SMILES string of the molecule is C=CC(=O)OCCOC(=O)CCCC(C)(C)CC(C)CNC(=O)OCCOC(=O)C=C.C=CC(=O)OCCOC(=O)CCCC(C)CC(C)(C)CNC(=O)OCCOC(=O)C=C. The average molecular weight is 883 g/mol. The second-order valence-electron chi connectivity index (χ2n) is 15.6. The molecule has 18 heteroatoms. The molecule has 62 heavy (non-hydrogen) atoms. The Kier molecular flexibility index (Phi) is 32.9. The molecular weight excluding hydrogens is 812 g/mol. The van der Waals surface area contributed by atoms with Crippen LogP contribution in [0.4, 0.5) is 9.59 Å². The van der Waals surface area contributed by atoms with E-state index in [4.69, 9.17) is 37.9 Å². The molecule has 18 nitrogen and oxygen atoms in total. The number of carbonyl (C=O) groups excluding carboxylic acids is 8.